The molecule has 0 aliphatic carbocycles. The fourth-order valence-corrected chi connectivity index (χ4v) is 4.04. The van der Waals surface area contributed by atoms with Crippen molar-refractivity contribution in [3.05, 3.63) is 80.1 Å². The smallest absolute Gasteiger partial charge is 0.225 e. The normalized spacial score (nSPS) is 17.0. The molecule has 0 fully saturated rings. The minimum Gasteiger partial charge on any atom is -0.320 e. The van der Waals surface area contributed by atoms with E-state index in [4.69, 9.17) is 23.2 Å². The second kappa shape index (κ2) is 8.13. The monoisotopic (exact) mass is 406 g/mol. The Labute approximate surface area is 164 Å². The van der Waals surface area contributed by atoms with Crippen LogP contribution in [0.4, 0.5) is 4.39 Å². The highest BCUT2D eigenvalue weighted by Gasteiger charge is 2.29. The van der Waals surface area contributed by atoms with Crippen molar-refractivity contribution in [1.82, 2.24) is 5.32 Å². The van der Waals surface area contributed by atoms with Gasteiger partial charge in [-0.3, -0.25) is 4.79 Å². The first-order chi connectivity index (χ1) is 12.5. The van der Waals surface area contributed by atoms with E-state index >= 15 is 0 Å². The first kappa shape index (κ1) is 18.8. The van der Waals surface area contributed by atoms with E-state index in [9.17, 15) is 14.4 Å². The number of carbonyl (C=O) groups is 1. The van der Waals surface area contributed by atoms with Crippen molar-refractivity contribution in [3.8, 4) is 6.07 Å². The Morgan fingerprint density at radius 1 is 1.19 bits per heavy atom. The largest absolute Gasteiger partial charge is 0.320 e. The Morgan fingerprint density at radius 3 is 2.58 bits per heavy atom. The maximum atomic E-state index is 13.2. The average Bonchev–Trinajstić information content (AvgIpc) is 2.63. The molecule has 26 heavy (non-hydrogen) atoms. The standard InChI is InChI=1S/C19H13Cl2FN2OS/c20-16-6-1-11(7-17(16)21)10-26-19-15(9-23)14(8-18(25)24-19)12-2-4-13(22)5-3-12/h1-7,14H,8,10H2,(H,24,25)/t14-/m0/s1. The molecule has 0 bridgehead atoms. The second-order valence-electron chi connectivity index (χ2n) is 5.75. The molecule has 0 saturated heterocycles. The molecule has 1 amide bonds. The second-order valence-corrected chi connectivity index (χ2v) is 7.55. The molecule has 0 aromatic heterocycles. The Bertz CT molecular complexity index is 922. The van der Waals surface area contributed by atoms with Crippen molar-refractivity contribution < 1.29 is 9.18 Å². The van der Waals surface area contributed by atoms with Crippen molar-refractivity contribution in [2.24, 2.45) is 0 Å². The summed E-state index contributed by atoms with van der Waals surface area (Å²) in [6, 6.07) is 13.4. The van der Waals surface area contributed by atoms with E-state index in [1.54, 1.807) is 24.3 Å². The topological polar surface area (TPSA) is 52.9 Å². The van der Waals surface area contributed by atoms with E-state index in [0.29, 0.717) is 26.4 Å². The van der Waals surface area contributed by atoms with Crippen LogP contribution >= 0.6 is 35.0 Å². The molecule has 0 radical (unpaired) electrons. The number of nitrogens with zero attached hydrogens (tertiary/aromatic N) is 1. The third-order valence-electron chi connectivity index (χ3n) is 4.00. The van der Waals surface area contributed by atoms with Gasteiger partial charge in [0.05, 0.1) is 26.7 Å². The van der Waals surface area contributed by atoms with Crippen molar-refractivity contribution in [3.63, 3.8) is 0 Å². The minimum atomic E-state index is -0.384. The molecule has 0 unspecified atom stereocenters. The number of halogens is 3. The maximum absolute atomic E-state index is 13.2. The lowest BCUT2D eigenvalue weighted by atomic mass is 9.87. The van der Waals surface area contributed by atoms with Crippen LogP contribution < -0.4 is 5.32 Å². The van der Waals surface area contributed by atoms with Crippen LogP contribution in [0.3, 0.4) is 0 Å². The fraction of sp³-hybridized carbons (Fsp3) is 0.158. The number of amides is 1. The molecular formula is C19H13Cl2FN2OS. The van der Waals surface area contributed by atoms with Crippen LogP contribution in [-0.4, -0.2) is 5.91 Å². The number of thioether (sulfide) groups is 1. The SMILES string of the molecule is N#CC1=C(SCc2ccc(Cl)c(Cl)c2)NC(=O)C[C@H]1c1ccc(F)cc1. The van der Waals surface area contributed by atoms with Gasteiger partial charge in [0, 0.05) is 18.1 Å². The molecule has 132 valence electrons. The zero-order chi connectivity index (χ0) is 18.7. The lowest BCUT2D eigenvalue weighted by Crippen LogP contribution is -2.30. The number of hydrogen-bond acceptors (Lipinski definition) is 3. The fourth-order valence-electron chi connectivity index (χ4n) is 2.70. The summed E-state index contributed by atoms with van der Waals surface area (Å²) in [5.41, 5.74) is 2.14. The number of allylic oxidation sites excluding steroid dienone is 1. The number of nitrogens with one attached hydrogen (secondary N) is 1. The van der Waals surface area contributed by atoms with Gasteiger partial charge in [-0.15, -0.1) is 11.8 Å². The van der Waals surface area contributed by atoms with E-state index in [1.165, 1.54) is 23.9 Å². The van der Waals surface area contributed by atoms with Crippen LogP contribution in [0.15, 0.2) is 53.1 Å². The Balaban J connectivity index is 1.87. The number of hydrogen-bond donors (Lipinski definition) is 1. The minimum absolute atomic E-state index is 0.158. The van der Waals surface area contributed by atoms with Crippen molar-refractivity contribution in [2.75, 3.05) is 0 Å². The molecule has 3 rings (SSSR count). The van der Waals surface area contributed by atoms with E-state index < -0.39 is 0 Å². The molecule has 2 aromatic rings. The quantitative estimate of drug-likeness (QED) is 0.738. The Hall–Kier alpha value is -2.00. The first-order valence-corrected chi connectivity index (χ1v) is 9.48. The third kappa shape index (κ3) is 4.21. The summed E-state index contributed by atoms with van der Waals surface area (Å²) in [4.78, 5) is 12.1. The van der Waals surface area contributed by atoms with Crippen LogP contribution in [-0.2, 0) is 10.5 Å². The van der Waals surface area contributed by atoms with Gasteiger partial charge in [0.25, 0.3) is 0 Å². The molecule has 1 atom stereocenters. The molecule has 2 aromatic carbocycles. The predicted octanol–water partition coefficient (Wildman–Crippen LogP) is 5.40. The van der Waals surface area contributed by atoms with Crippen LogP contribution in [0.5, 0.6) is 0 Å². The lowest BCUT2D eigenvalue weighted by Gasteiger charge is -2.25. The molecule has 7 heteroatoms. The summed E-state index contributed by atoms with van der Waals surface area (Å²) in [7, 11) is 0. The molecule has 1 N–H and O–H groups in total. The molecule has 1 heterocycles. The first-order valence-electron chi connectivity index (χ1n) is 7.74. The molecular weight excluding hydrogens is 394 g/mol. The summed E-state index contributed by atoms with van der Waals surface area (Å²) in [5, 5.41) is 13.8. The summed E-state index contributed by atoms with van der Waals surface area (Å²) >= 11 is 13.3. The van der Waals surface area contributed by atoms with Crippen LogP contribution in [0, 0.1) is 17.1 Å². The summed E-state index contributed by atoms with van der Waals surface area (Å²) < 4.78 is 13.2. The summed E-state index contributed by atoms with van der Waals surface area (Å²) in [5.74, 6) is -0.389. The molecule has 1 aliphatic rings. The average molecular weight is 407 g/mol. The highest BCUT2D eigenvalue weighted by molar-refractivity contribution is 8.02. The van der Waals surface area contributed by atoms with E-state index in [-0.39, 0.29) is 24.1 Å². The van der Waals surface area contributed by atoms with Crippen molar-refractivity contribution in [2.45, 2.75) is 18.1 Å². The van der Waals surface area contributed by atoms with Gasteiger partial charge >= 0.3 is 0 Å². The summed E-state index contributed by atoms with van der Waals surface area (Å²) in [6.45, 7) is 0. The van der Waals surface area contributed by atoms with Gasteiger partial charge in [-0.2, -0.15) is 5.26 Å². The highest BCUT2D eigenvalue weighted by atomic mass is 35.5. The van der Waals surface area contributed by atoms with Gasteiger partial charge in [-0.25, -0.2) is 4.39 Å². The Kier molecular flexibility index (Phi) is 5.87. The Morgan fingerprint density at radius 2 is 1.92 bits per heavy atom. The number of carbonyl (C=O) groups excluding carboxylic acids is 1. The third-order valence-corrected chi connectivity index (χ3v) is 5.82. The van der Waals surface area contributed by atoms with Gasteiger partial charge in [0.15, 0.2) is 0 Å². The van der Waals surface area contributed by atoms with Gasteiger partial charge in [-0.1, -0.05) is 41.4 Å². The molecule has 0 spiro atoms. The van der Waals surface area contributed by atoms with E-state index in [1.807, 2.05) is 6.07 Å². The van der Waals surface area contributed by atoms with Crippen LogP contribution in [0.25, 0.3) is 0 Å². The van der Waals surface area contributed by atoms with E-state index in [0.717, 1.165) is 11.1 Å². The molecule has 3 nitrogen and oxygen atoms in total. The number of rotatable bonds is 4. The number of benzene rings is 2. The maximum Gasteiger partial charge on any atom is 0.225 e. The van der Waals surface area contributed by atoms with Gasteiger partial charge in [-0.05, 0) is 35.4 Å². The predicted molar refractivity (Wildman–Crippen MR) is 102 cm³/mol. The van der Waals surface area contributed by atoms with Gasteiger partial charge in [0.1, 0.15) is 5.82 Å². The van der Waals surface area contributed by atoms with Crippen LogP contribution in [0.1, 0.15) is 23.5 Å². The molecule has 0 saturated carbocycles. The lowest BCUT2D eigenvalue weighted by molar-refractivity contribution is -0.120. The van der Waals surface area contributed by atoms with E-state index in [2.05, 4.69) is 11.4 Å². The van der Waals surface area contributed by atoms with Crippen molar-refractivity contribution in [1.29, 1.82) is 5.26 Å². The summed E-state index contributed by atoms with van der Waals surface area (Å²) in [6.07, 6.45) is 0.158. The van der Waals surface area contributed by atoms with Gasteiger partial charge < -0.3 is 5.32 Å². The zero-order valence-electron chi connectivity index (χ0n) is 13.4. The van der Waals surface area contributed by atoms with Crippen molar-refractivity contribution >= 4 is 40.9 Å². The van der Waals surface area contributed by atoms with Gasteiger partial charge in [0.2, 0.25) is 5.91 Å². The van der Waals surface area contributed by atoms with Crippen LogP contribution in [0.2, 0.25) is 10.0 Å². The molecule has 1 aliphatic heterocycles. The zero-order valence-corrected chi connectivity index (χ0v) is 15.8. The number of nitriles is 1. The highest BCUT2D eigenvalue weighted by Crippen LogP contribution is 2.37.